The summed E-state index contributed by atoms with van der Waals surface area (Å²) in [6.07, 6.45) is 18.7. The van der Waals surface area contributed by atoms with E-state index in [1.807, 2.05) is 45.3 Å². The van der Waals surface area contributed by atoms with E-state index >= 15 is 0 Å². The molecule has 0 saturated heterocycles. The number of nitrogens with zero attached hydrogens (tertiary/aromatic N) is 6. The first-order valence-electron chi connectivity index (χ1n) is 19.1. The Hall–Kier alpha value is -3.84. The Morgan fingerprint density at radius 2 is 0.731 bits per heavy atom. The van der Waals surface area contributed by atoms with Crippen LogP contribution in [0.2, 0.25) is 0 Å². The van der Waals surface area contributed by atoms with Gasteiger partial charge in [-0.25, -0.2) is 29.9 Å². The SMILES string of the molecule is C1CCc2c(sc3c2-c2nc4nc(nc5[nH]c(nc6[nH]c(nc-3n2)c2c3c(sc62)CCCC3)c2c3c(sc52)CCCC3)-c2c-4sc3c2CCCC3)C1. The van der Waals surface area contributed by atoms with Gasteiger partial charge in [-0.3, -0.25) is 0 Å². The molecule has 0 atom stereocenters. The Balaban J connectivity index is 1.21. The van der Waals surface area contributed by atoms with Gasteiger partial charge in [-0.15, -0.1) is 45.3 Å². The van der Waals surface area contributed by atoms with Gasteiger partial charge in [-0.05, 0) is 125 Å². The summed E-state index contributed by atoms with van der Waals surface area (Å²) in [6.45, 7) is 0. The predicted molar refractivity (Wildman–Crippen MR) is 214 cm³/mol. The number of fused-ring (bicyclic) bond motifs is 28. The van der Waals surface area contributed by atoms with Crippen LogP contribution in [-0.2, 0) is 51.4 Å². The second kappa shape index (κ2) is 10.9. The maximum absolute atomic E-state index is 5.52. The van der Waals surface area contributed by atoms with Crippen molar-refractivity contribution in [3.8, 4) is 44.2 Å². The summed E-state index contributed by atoms with van der Waals surface area (Å²) >= 11 is 7.60. The number of thiophene rings is 4. The highest BCUT2D eigenvalue weighted by atomic mass is 32.1. The van der Waals surface area contributed by atoms with Crippen molar-refractivity contribution >= 4 is 88.1 Å². The van der Waals surface area contributed by atoms with E-state index < -0.39 is 0 Å². The molecule has 4 aliphatic carbocycles. The lowest BCUT2D eigenvalue weighted by Crippen LogP contribution is -2.00. The van der Waals surface area contributed by atoms with Crippen LogP contribution < -0.4 is 0 Å². The second-order valence-electron chi connectivity index (χ2n) is 15.3. The maximum Gasteiger partial charge on any atom is 0.174 e. The van der Waals surface area contributed by atoms with Gasteiger partial charge < -0.3 is 9.97 Å². The van der Waals surface area contributed by atoms with Crippen molar-refractivity contribution in [1.29, 1.82) is 0 Å². The quantitative estimate of drug-likeness (QED) is 0.160. The third-order valence-electron chi connectivity index (χ3n) is 12.2. The summed E-state index contributed by atoms with van der Waals surface area (Å²) in [4.78, 5) is 48.3. The van der Waals surface area contributed by atoms with Gasteiger partial charge in [-0.1, -0.05) is 0 Å². The standard InChI is InChI=1S/C40H34N8S4/c1-5-13-21-17(9-1)25-29(49-21)37-41-33(25)45-38-30-26(18-10-2-6-14-22(18)50-30)35(42-38)47-40-32-28(20-12-4-8-16-24(20)52-32)36(44-40)48-39-31-27(34(43-39)46-37)19-11-3-7-15-23(19)51-31/h1-16H2,(H2,41,42,43,44,45,46,47,48). The van der Waals surface area contributed by atoms with Crippen molar-refractivity contribution in [3.05, 3.63) is 41.8 Å². The minimum absolute atomic E-state index is 0.761. The van der Waals surface area contributed by atoms with Gasteiger partial charge in [-0.2, -0.15) is 0 Å². The summed E-state index contributed by atoms with van der Waals surface area (Å²) in [5.74, 6) is 3.10. The molecule has 0 spiro atoms. The van der Waals surface area contributed by atoms with Crippen molar-refractivity contribution in [2.75, 3.05) is 0 Å². The fraction of sp³-hybridized carbons (Fsp3) is 0.400. The monoisotopic (exact) mass is 754 g/mol. The van der Waals surface area contributed by atoms with Crippen molar-refractivity contribution in [3.63, 3.8) is 0 Å². The molecular formula is C40H34N8S4. The molecule has 258 valence electrons. The lowest BCUT2D eigenvalue weighted by molar-refractivity contribution is 0.698. The molecule has 0 unspecified atom stereocenters. The van der Waals surface area contributed by atoms with Gasteiger partial charge in [0.2, 0.25) is 0 Å². The van der Waals surface area contributed by atoms with Gasteiger partial charge in [0.15, 0.2) is 34.6 Å². The van der Waals surface area contributed by atoms with Crippen LogP contribution in [0.15, 0.2) is 0 Å². The third kappa shape index (κ3) is 4.07. The Bertz CT molecular complexity index is 2890. The van der Waals surface area contributed by atoms with Gasteiger partial charge >= 0.3 is 0 Å². The number of hydrogen-bond donors (Lipinski definition) is 2. The number of H-pyrrole nitrogens is 2. The molecule has 8 bridgehead atoms. The highest BCUT2D eigenvalue weighted by molar-refractivity contribution is 7.21. The number of rotatable bonds is 0. The van der Waals surface area contributed by atoms with Crippen LogP contribution >= 0.6 is 45.3 Å². The van der Waals surface area contributed by atoms with E-state index in [1.54, 1.807) is 0 Å². The number of aryl methyl sites for hydroxylation is 6. The molecule has 7 aromatic heterocycles. The fourth-order valence-electron chi connectivity index (χ4n) is 9.83. The van der Waals surface area contributed by atoms with Gasteiger partial charge in [0.1, 0.15) is 11.3 Å². The van der Waals surface area contributed by atoms with Crippen LogP contribution in [0.3, 0.4) is 0 Å². The lowest BCUT2D eigenvalue weighted by Gasteiger charge is -2.11. The fourth-order valence-corrected chi connectivity index (χ4v) is 15.1. The zero-order chi connectivity index (χ0) is 33.7. The summed E-state index contributed by atoms with van der Waals surface area (Å²) in [5, 5.41) is 2.49. The van der Waals surface area contributed by atoms with Crippen molar-refractivity contribution in [2.45, 2.75) is 103 Å². The number of hydrogen-bond acceptors (Lipinski definition) is 10. The van der Waals surface area contributed by atoms with E-state index in [1.165, 1.54) is 129 Å². The Kier molecular flexibility index (Phi) is 6.18. The predicted octanol–water partition coefficient (Wildman–Crippen LogP) is 10.6. The normalized spacial score (nSPS) is 17.5. The smallest absolute Gasteiger partial charge is 0.174 e. The topological polar surface area (TPSA) is 109 Å². The van der Waals surface area contributed by atoms with Crippen LogP contribution in [0.1, 0.15) is 93.1 Å². The molecule has 7 aromatic rings. The molecule has 0 aromatic carbocycles. The summed E-state index contributed by atoms with van der Waals surface area (Å²) < 4.78 is 2.42. The molecule has 12 heteroatoms. The average Bonchev–Trinajstić information content (AvgIpc) is 4.02. The van der Waals surface area contributed by atoms with E-state index in [2.05, 4.69) is 9.97 Å². The molecular weight excluding hydrogens is 721 g/mol. The molecule has 0 saturated carbocycles. The first kappa shape index (κ1) is 29.6. The van der Waals surface area contributed by atoms with Gasteiger partial charge in [0.25, 0.3) is 0 Å². The van der Waals surface area contributed by atoms with Crippen LogP contribution in [0, 0.1) is 0 Å². The second-order valence-corrected chi connectivity index (χ2v) is 19.7. The van der Waals surface area contributed by atoms with Gasteiger partial charge in [0.05, 0.1) is 19.2 Å². The average molecular weight is 755 g/mol. The largest absolute Gasteiger partial charge is 0.323 e. The maximum atomic E-state index is 5.52. The highest BCUT2D eigenvalue weighted by Crippen LogP contribution is 2.51. The summed E-state index contributed by atoms with van der Waals surface area (Å²) in [7, 11) is 0. The van der Waals surface area contributed by atoms with E-state index in [0.717, 1.165) is 102 Å². The Morgan fingerprint density at radius 1 is 0.346 bits per heavy atom. The van der Waals surface area contributed by atoms with Crippen LogP contribution in [0.4, 0.5) is 0 Å². The number of nitrogens with one attached hydrogen (secondary N) is 2. The van der Waals surface area contributed by atoms with Crippen molar-refractivity contribution in [2.24, 2.45) is 0 Å². The summed E-state index contributed by atoms with van der Waals surface area (Å²) in [6, 6.07) is 0. The molecule has 13 rings (SSSR count). The molecule has 2 N–H and O–H groups in total. The molecule has 0 fully saturated rings. The van der Waals surface area contributed by atoms with Crippen LogP contribution in [0.5, 0.6) is 0 Å². The van der Waals surface area contributed by atoms with E-state index in [9.17, 15) is 0 Å². The molecule has 52 heavy (non-hydrogen) atoms. The van der Waals surface area contributed by atoms with E-state index in [-0.39, 0.29) is 0 Å². The summed E-state index contributed by atoms with van der Waals surface area (Å²) in [5.41, 5.74) is 11.7. The molecule has 0 radical (unpaired) electrons. The Morgan fingerprint density at radius 3 is 1.27 bits per heavy atom. The highest BCUT2D eigenvalue weighted by Gasteiger charge is 2.34. The molecule has 2 aliphatic heterocycles. The molecule has 6 aliphatic rings. The van der Waals surface area contributed by atoms with E-state index in [4.69, 9.17) is 29.9 Å². The minimum atomic E-state index is 0.761. The van der Waals surface area contributed by atoms with Crippen molar-refractivity contribution in [1.82, 2.24) is 39.9 Å². The van der Waals surface area contributed by atoms with Gasteiger partial charge in [0, 0.05) is 41.4 Å². The third-order valence-corrected chi connectivity index (χ3v) is 17.4. The molecule has 8 nitrogen and oxygen atoms in total. The van der Waals surface area contributed by atoms with Crippen LogP contribution in [0.25, 0.3) is 86.9 Å². The number of aromatic amines is 2. The molecule has 0 amide bonds. The molecule has 9 heterocycles. The number of aromatic nitrogens is 8. The first-order chi connectivity index (χ1) is 25.7. The zero-order valence-corrected chi connectivity index (χ0v) is 31.9. The van der Waals surface area contributed by atoms with Crippen LogP contribution in [-0.4, -0.2) is 39.9 Å². The Labute approximate surface area is 314 Å². The van der Waals surface area contributed by atoms with E-state index in [0.29, 0.717) is 0 Å². The first-order valence-corrected chi connectivity index (χ1v) is 22.4. The lowest BCUT2D eigenvalue weighted by atomic mass is 9.95. The van der Waals surface area contributed by atoms with Crippen molar-refractivity contribution < 1.29 is 0 Å². The zero-order valence-electron chi connectivity index (χ0n) is 28.6. The minimum Gasteiger partial charge on any atom is -0.323 e.